The molecular weight excluding hydrogens is 232 g/mol. The molecular formula is C14H16O4. The van der Waals surface area contributed by atoms with E-state index in [0.717, 1.165) is 25.5 Å². The van der Waals surface area contributed by atoms with E-state index in [9.17, 15) is 9.59 Å². The average molecular weight is 248 g/mol. The smallest absolute Gasteiger partial charge is 0.309 e. The summed E-state index contributed by atoms with van der Waals surface area (Å²) in [5.74, 6) is 0.434. The predicted molar refractivity (Wildman–Crippen MR) is 65.7 cm³/mol. The van der Waals surface area contributed by atoms with Crippen LogP contribution in [0, 0.1) is 0 Å². The fourth-order valence-electron chi connectivity index (χ4n) is 2.09. The molecule has 1 aliphatic carbocycles. The van der Waals surface area contributed by atoms with Crippen LogP contribution in [0.2, 0.25) is 0 Å². The Labute approximate surface area is 106 Å². The van der Waals surface area contributed by atoms with Crippen molar-refractivity contribution >= 4 is 12.3 Å². The molecule has 0 bridgehead atoms. The Morgan fingerprint density at radius 3 is 2.44 bits per heavy atom. The monoisotopic (exact) mass is 248 g/mol. The van der Waals surface area contributed by atoms with Crippen LogP contribution in [-0.4, -0.2) is 25.0 Å². The van der Waals surface area contributed by atoms with Gasteiger partial charge in [-0.25, -0.2) is 0 Å². The molecule has 1 aromatic carbocycles. The van der Waals surface area contributed by atoms with Crippen LogP contribution >= 0.6 is 0 Å². The van der Waals surface area contributed by atoms with E-state index in [1.807, 2.05) is 0 Å². The largest absolute Gasteiger partial charge is 0.487 e. The lowest BCUT2D eigenvalue weighted by Crippen LogP contribution is -2.45. The molecule has 0 unspecified atom stereocenters. The molecule has 0 spiro atoms. The van der Waals surface area contributed by atoms with Gasteiger partial charge in [0.05, 0.1) is 13.5 Å². The summed E-state index contributed by atoms with van der Waals surface area (Å²) in [6.07, 6.45) is 3.84. The second-order valence-corrected chi connectivity index (χ2v) is 4.58. The topological polar surface area (TPSA) is 52.6 Å². The van der Waals surface area contributed by atoms with Gasteiger partial charge in [-0.1, -0.05) is 0 Å². The molecule has 4 nitrogen and oxygen atoms in total. The minimum absolute atomic E-state index is 0.251. The van der Waals surface area contributed by atoms with E-state index in [1.54, 1.807) is 24.3 Å². The van der Waals surface area contributed by atoms with Crippen LogP contribution < -0.4 is 4.74 Å². The molecule has 96 valence electrons. The fraction of sp³-hybridized carbons (Fsp3) is 0.429. The number of methoxy groups -OCH3 is 1. The van der Waals surface area contributed by atoms with Crippen LogP contribution in [0.5, 0.6) is 5.75 Å². The molecule has 0 radical (unpaired) electrons. The summed E-state index contributed by atoms with van der Waals surface area (Å²) >= 11 is 0. The third-order valence-electron chi connectivity index (χ3n) is 3.31. The molecule has 0 saturated heterocycles. The third-order valence-corrected chi connectivity index (χ3v) is 3.31. The Kier molecular flexibility index (Phi) is 3.65. The van der Waals surface area contributed by atoms with Gasteiger partial charge in [0.2, 0.25) is 0 Å². The first-order valence-electron chi connectivity index (χ1n) is 5.98. The Hall–Kier alpha value is -1.84. The maximum absolute atomic E-state index is 11.4. The van der Waals surface area contributed by atoms with Crippen molar-refractivity contribution in [1.29, 1.82) is 0 Å². The average Bonchev–Trinajstić information content (AvgIpc) is 2.36. The van der Waals surface area contributed by atoms with E-state index in [2.05, 4.69) is 0 Å². The van der Waals surface area contributed by atoms with Crippen molar-refractivity contribution in [2.75, 3.05) is 7.11 Å². The summed E-state index contributed by atoms with van der Waals surface area (Å²) in [6.45, 7) is 0. The molecule has 0 aliphatic heterocycles. The van der Waals surface area contributed by atoms with Crippen LogP contribution in [0.1, 0.15) is 36.0 Å². The van der Waals surface area contributed by atoms with Gasteiger partial charge in [0.1, 0.15) is 17.6 Å². The van der Waals surface area contributed by atoms with Crippen LogP contribution in [0.3, 0.4) is 0 Å². The van der Waals surface area contributed by atoms with Gasteiger partial charge in [0.25, 0.3) is 0 Å². The highest BCUT2D eigenvalue weighted by atomic mass is 16.5. The normalized spacial score (nSPS) is 16.5. The molecule has 0 atom stereocenters. The molecule has 0 amide bonds. The molecule has 1 aliphatic rings. The van der Waals surface area contributed by atoms with E-state index >= 15 is 0 Å². The number of esters is 1. The van der Waals surface area contributed by atoms with Gasteiger partial charge in [-0.15, -0.1) is 0 Å². The summed E-state index contributed by atoms with van der Waals surface area (Å²) in [5.41, 5.74) is 0.188. The first-order chi connectivity index (χ1) is 8.67. The maximum atomic E-state index is 11.4. The van der Waals surface area contributed by atoms with E-state index in [1.165, 1.54) is 7.11 Å². The number of carbonyl (C=O) groups excluding carboxylic acids is 2. The summed E-state index contributed by atoms with van der Waals surface area (Å²) in [6, 6.07) is 6.90. The van der Waals surface area contributed by atoms with Crippen LogP contribution in [0.4, 0.5) is 0 Å². The first kappa shape index (κ1) is 12.6. The molecule has 1 saturated carbocycles. The van der Waals surface area contributed by atoms with Crippen molar-refractivity contribution in [3.05, 3.63) is 29.8 Å². The number of rotatable bonds is 5. The summed E-state index contributed by atoms with van der Waals surface area (Å²) in [4.78, 5) is 21.9. The van der Waals surface area contributed by atoms with Gasteiger partial charge in [-0.3, -0.25) is 9.59 Å². The summed E-state index contributed by atoms with van der Waals surface area (Å²) < 4.78 is 10.6. The fourth-order valence-corrected chi connectivity index (χ4v) is 2.09. The summed E-state index contributed by atoms with van der Waals surface area (Å²) in [5, 5.41) is 0. The Morgan fingerprint density at radius 1 is 1.33 bits per heavy atom. The highest BCUT2D eigenvalue weighted by Crippen LogP contribution is 2.39. The molecule has 2 rings (SSSR count). The first-order valence-corrected chi connectivity index (χ1v) is 5.98. The van der Waals surface area contributed by atoms with Gasteiger partial charge < -0.3 is 9.47 Å². The van der Waals surface area contributed by atoms with Gasteiger partial charge in [0.15, 0.2) is 0 Å². The van der Waals surface area contributed by atoms with E-state index < -0.39 is 5.60 Å². The zero-order chi connectivity index (χ0) is 13.0. The second-order valence-electron chi connectivity index (χ2n) is 4.58. The Morgan fingerprint density at radius 2 is 2.00 bits per heavy atom. The molecule has 0 heterocycles. The number of hydrogen-bond acceptors (Lipinski definition) is 4. The lowest BCUT2D eigenvalue weighted by atomic mass is 9.77. The van der Waals surface area contributed by atoms with E-state index in [0.29, 0.717) is 11.3 Å². The SMILES string of the molecule is COC(=O)CC1(Oc2ccc(C=O)cc2)CCC1. The number of benzene rings is 1. The molecule has 0 aromatic heterocycles. The minimum atomic E-state index is -0.421. The molecule has 1 aromatic rings. The van der Waals surface area contributed by atoms with E-state index in [4.69, 9.17) is 9.47 Å². The van der Waals surface area contributed by atoms with Crippen molar-refractivity contribution < 1.29 is 19.1 Å². The van der Waals surface area contributed by atoms with Crippen molar-refractivity contribution in [2.24, 2.45) is 0 Å². The minimum Gasteiger partial charge on any atom is -0.487 e. The Bertz CT molecular complexity index is 432. The van der Waals surface area contributed by atoms with Crippen LogP contribution in [-0.2, 0) is 9.53 Å². The van der Waals surface area contributed by atoms with Gasteiger partial charge in [0, 0.05) is 5.56 Å². The molecule has 1 fully saturated rings. The molecule has 0 N–H and O–H groups in total. The quantitative estimate of drug-likeness (QED) is 0.593. The van der Waals surface area contributed by atoms with Gasteiger partial charge in [-0.2, -0.15) is 0 Å². The number of ether oxygens (including phenoxy) is 2. The lowest BCUT2D eigenvalue weighted by Gasteiger charge is -2.41. The van der Waals surface area contributed by atoms with Crippen molar-refractivity contribution in [3.8, 4) is 5.75 Å². The standard InChI is InChI=1S/C14H16O4/c1-17-13(16)9-14(7-2-8-14)18-12-5-3-11(10-15)4-6-12/h3-6,10H,2,7-9H2,1H3. The zero-order valence-electron chi connectivity index (χ0n) is 10.3. The highest BCUT2D eigenvalue weighted by molar-refractivity contribution is 5.74. The van der Waals surface area contributed by atoms with Crippen molar-refractivity contribution in [2.45, 2.75) is 31.3 Å². The number of aldehydes is 1. The summed E-state index contributed by atoms with van der Waals surface area (Å²) in [7, 11) is 1.38. The third kappa shape index (κ3) is 2.70. The Balaban J connectivity index is 2.05. The second kappa shape index (κ2) is 5.21. The van der Waals surface area contributed by atoms with Gasteiger partial charge >= 0.3 is 5.97 Å². The van der Waals surface area contributed by atoms with Gasteiger partial charge in [-0.05, 0) is 43.5 Å². The highest BCUT2D eigenvalue weighted by Gasteiger charge is 2.41. The molecule has 4 heteroatoms. The predicted octanol–water partition coefficient (Wildman–Crippen LogP) is 2.36. The number of carbonyl (C=O) groups is 2. The lowest BCUT2D eigenvalue weighted by molar-refractivity contribution is -0.148. The van der Waals surface area contributed by atoms with E-state index in [-0.39, 0.29) is 12.4 Å². The van der Waals surface area contributed by atoms with Crippen LogP contribution in [0.25, 0.3) is 0 Å². The van der Waals surface area contributed by atoms with Crippen molar-refractivity contribution in [1.82, 2.24) is 0 Å². The van der Waals surface area contributed by atoms with Crippen LogP contribution in [0.15, 0.2) is 24.3 Å². The maximum Gasteiger partial charge on any atom is 0.309 e. The molecule has 18 heavy (non-hydrogen) atoms. The van der Waals surface area contributed by atoms with Crippen molar-refractivity contribution in [3.63, 3.8) is 0 Å². The zero-order valence-corrected chi connectivity index (χ0v) is 10.3. The number of hydrogen-bond donors (Lipinski definition) is 0.